The van der Waals surface area contributed by atoms with E-state index >= 15 is 0 Å². The molecule has 2 N–H and O–H groups in total. The predicted molar refractivity (Wildman–Crippen MR) is 81.4 cm³/mol. The summed E-state index contributed by atoms with van der Waals surface area (Å²) < 4.78 is 0. The second-order valence-corrected chi connectivity index (χ2v) is 5.21. The van der Waals surface area contributed by atoms with Crippen LogP contribution in [0.25, 0.3) is 10.7 Å². The van der Waals surface area contributed by atoms with E-state index in [1.165, 1.54) is 23.5 Å². The second-order valence-electron chi connectivity index (χ2n) is 4.35. The van der Waals surface area contributed by atoms with Crippen molar-refractivity contribution in [2.75, 3.05) is 0 Å². The van der Waals surface area contributed by atoms with E-state index in [-0.39, 0.29) is 23.7 Å². The summed E-state index contributed by atoms with van der Waals surface area (Å²) in [6, 6.07) is 8.24. The van der Waals surface area contributed by atoms with E-state index in [1.807, 2.05) is 23.6 Å². The van der Waals surface area contributed by atoms with Crippen LogP contribution < -0.4 is 10.9 Å². The van der Waals surface area contributed by atoms with Crippen molar-refractivity contribution in [3.63, 3.8) is 0 Å². The predicted octanol–water partition coefficient (Wildman–Crippen LogP) is 1.22. The first-order valence-electron chi connectivity index (χ1n) is 6.42. The fourth-order valence-electron chi connectivity index (χ4n) is 1.73. The molecule has 0 spiro atoms. The van der Waals surface area contributed by atoms with E-state index in [2.05, 4.69) is 25.5 Å². The summed E-state index contributed by atoms with van der Waals surface area (Å²) in [5, 5.41) is 11.2. The quantitative estimate of drug-likeness (QED) is 0.754. The number of hydrogen-bond donors (Lipinski definition) is 2. The molecule has 3 aromatic rings. The molecular formula is C14H11N5O2S. The molecule has 0 bridgehead atoms. The highest BCUT2D eigenvalue weighted by molar-refractivity contribution is 7.13. The van der Waals surface area contributed by atoms with Crippen LogP contribution in [0.15, 0.2) is 46.7 Å². The van der Waals surface area contributed by atoms with Gasteiger partial charge in [-0.15, -0.1) is 11.3 Å². The minimum Gasteiger partial charge on any atom is -0.345 e. The van der Waals surface area contributed by atoms with Gasteiger partial charge in [0.25, 0.3) is 11.5 Å². The van der Waals surface area contributed by atoms with Crippen LogP contribution in [0.5, 0.6) is 0 Å². The first-order chi connectivity index (χ1) is 10.7. The van der Waals surface area contributed by atoms with Crippen LogP contribution in [0, 0.1) is 0 Å². The first kappa shape index (κ1) is 14.1. The van der Waals surface area contributed by atoms with Crippen molar-refractivity contribution in [3.8, 4) is 10.7 Å². The molecule has 0 aromatic carbocycles. The van der Waals surface area contributed by atoms with Crippen molar-refractivity contribution in [1.82, 2.24) is 25.5 Å². The number of carbonyl (C=O) groups is 1. The molecule has 3 rings (SSSR count). The molecule has 0 unspecified atom stereocenters. The van der Waals surface area contributed by atoms with E-state index in [9.17, 15) is 9.59 Å². The van der Waals surface area contributed by atoms with E-state index < -0.39 is 0 Å². The summed E-state index contributed by atoms with van der Waals surface area (Å²) in [5.74, 6) is -0.372. The normalized spacial score (nSPS) is 10.4. The molecule has 3 aromatic heterocycles. The number of pyridine rings is 1. The van der Waals surface area contributed by atoms with Gasteiger partial charge in [0, 0.05) is 17.6 Å². The number of H-pyrrole nitrogens is 1. The Morgan fingerprint density at radius 1 is 1.27 bits per heavy atom. The lowest BCUT2D eigenvalue weighted by Gasteiger charge is -2.01. The van der Waals surface area contributed by atoms with E-state index in [0.717, 1.165) is 16.4 Å². The number of amides is 1. The fraction of sp³-hybridized carbons (Fsp3) is 0.0714. The molecule has 3 heterocycles. The van der Waals surface area contributed by atoms with Crippen LogP contribution in [0.4, 0.5) is 0 Å². The Balaban J connectivity index is 1.65. The summed E-state index contributed by atoms with van der Waals surface area (Å²) >= 11 is 1.46. The van der Waals surface area contributed by atoms with Gasteiger partial charge in [0.1, 0.15) is 10.7 Å². The van der Waals surface area contributed by atoms with Crippen molar-refractivity contribution in [2.45, 2.75) is 6.54 Å². The van der Waals surface area contributed by atoms with Gasteiger partial charge in [-0.2, -0.15) is 5.10 Å². The third-order valence-electron chi connectivity index (χ3n) is 2.78. The van der Waals surface area contributed by atoms with Gasteiger partial charge in [-0.25, -0.2) is 10.1 Å². The summed E-state index contributed by atoms with van der Waals surface area (Å²) in [5.41, 5.74) is 1.34. The molecule has 0 fully saturated rings. The average molecular weight is 313 g/mol. The third kappa shape index (κ3) is 3.23. The topological polar surface area (TPSA) is 101 Å². The molecule has 0 saturated heterocycles. The molecule has 7 nitrogen and oxygen atoms in total. The second kappa shape index (κ2) is 6.27. The maximum atomic E-state index is 11.9. The summed E-state index contributed by atoms with van der Waals surface area (Å²) in [4.78, 5) is 31.4. The van der Waals surface area contributed by atoms with Crippen molar-refractivity contribution in [2.24, 2.45) is 0 Å². The van der Waals surface area contributed by atoms with Crippen molar-refractivity contribution < 1.29 is 4.79 Å². The Hall–Kier alpha value is -2.87. The Kier molecular flexibility index (Phi) is 4.01. The van der Waals surface area contributed by atoms with E-state index in [1.54, 1.807) is 6.20 Å². The minimum absolute atomic E-state index is 0.153. The van der Waals surface area contributed by atoms with Gasteiger partial charge in [-0.3, -0.25) is 14.6 Å². The number of thiazole rings is 1. The lowest BCUT2D eigenvalue weighted by Crippen LogP contribution is -2.25. The summed E-state index contributed by atoms with van der Waals surface area (Å²) in [6.45, 7) is 0.281. The van der Waals surface area contributed by atoms with Crippen molar-refractivity contribution in [1.29, 1.82) is 0 Å². The smallest absolute Gasteiger partial charge is 0.272 e. The van der Waals surface area contributed by atoms with Gasteiger partial charge in [0.05, 0.1) is 17.9 Å². The summed E-state index contributed by atoms with van der Waals surface area (Å²) in [6.07, 6.45) is 1.71. The largest absolute Gasteiger partial charge is 0.345 e. The standard InChI is InChI=1S/C14H11N5O2S/c20-12-5-4-10(18-19-12)13(21)16-7-9-8-22-14(17-9)11-3-1-2-6-15-11/h1-6,8H,7H2,(H,16,21)(H,19,20). The molecule has 0 aliphatic carbocycles. The molecule has 0 aliphatic rings. The first-order valence-corrected chi connectivity index (χ1v) is 7.30. The average Bonchev–Trinajstić information content (AvgIpc) is 3.03. The number of aromatic amines is 1. The number of aromatic nitrogens is 4. The number of rotatable bonds is 4. The molecule has 22 heavy (non-hydrogen) atoms. The lowest BCUT2D eigenvalue weighted by molar-refractivity contribution is 0.0944. The maximum absolute atomic E-state index is 11.9. The van der Waals surface area contributed by atoms with Crippen LogP contribution in [0.1, 0.15) is 16.2 Å². The zero-order chi connectivity index (χ0) is 15.4. The molecule has 0 aliphatic heterocycles. The van der Waals surface area contributed by atoms with Crippen LogP contribution in [-0.4, -0.2) is 26.1 Å². The molecule has 1 amide bonds. The zero-order valence-electron chi connectivity index (χ0n) is 11.3. The third-order valence-corrected chi connectivity index (χ3v) is 3.69. The van der Waals surface area contributed by atoms with Gasteiger partial charge < -0.3 is 5.32 Å². The van der Waals surface area contributed by atoms with Gasteiger partial charge in [0.15, 0.2) is 0 Å². The van der Waals surface area contributed by atoms with Crippen molar-refractivity contribution >= 4 is 17.2 Å². The Bertz CT molecular complexity index is 823. The fourth-order valence-corrected chi connectivity index (χ4v) is 2.52. The highest BCUT2D eigenvalue weighted by Crippen LogP contribution is 2.21. The Labute approximate surface area is 129 Å². The van der Waals surface area contributed by atoms with Crippen LogP contribution in [0.2, 0.25) is 0 Å². The number of hydrogen-bond acceptors (Lipinski definition) is 6. The molecule has 110 valence electrons. The van der Waals surface area contributed by atoms with Gasteiger partial charge >= 0.3 is 0 Å². The van der Waals surface area contributed by atoms with Crippen molar-refractivity contribution in [3.05, 3.63) is 63.7 Å². The van der Waals surface area contributed by atoms with Crippen LogP contribution in [-0.2, 0) is 6.54 Å². The van der Waals surface area contributed by atoms with Gasteiger partial charge in [-0.05, 0) is 18.2 Å². The zero-order valence-corrected chi connectivity index (χ0v) is 12.1. The number of carbonyl (C=O) groups excluding carboxylic acids is 1. The molecule has 0 radical (unpaired) electrons. The number of nitrogens with one attached hydrogen (secondary N) is 2. The molecule has 0 atom stereocenters. The number of nitrogens with zero attached hydrogens (tertiary/aromatic N) is 3. The monoisotopic (exact) mass is 313 g/mol. The highest BCUT2D eigenvalue weighted by atomic mass is 32.1. The van der Waals surface area contributed by atoms with Crippen LogP contribution in [0.3, 0.4) is 0 Å². The SMILES string of the molecule is O=C(NCc1csc(-c2ccccn2)n1)c1ccc(=O)[nH]n1. The van der Waals surface area contributed by atoms with Crippen LogP contribution >= 0.6 is 11.3 Å². The summed E-state index contributed by atoms with van der Waals surface area (Å²) in [7, 11) is 0. The Morgan fingerprint density at radius 2 is 2.18 bits per heavy atom. The van der Waals surface area contributed by atoms with Gasteiger partial charge in [0.2, 0.25) is 0 Å². The van der Waals surface area contributed by atoms with E-state index in [0.29, 0.717) is 0 Å². The molecule has 8 heteroatoms. The molecule has 0 saturated carbocycles. The Morgan fingerprint density at radius 3 is 2.91 bits per heavy atom. The minimum atomic E-state index is -0.372. The molecular weight excluding hydrogens is 302 g/mol. The lowest BCUT2D eigenvalue weighted by atomic mass is 10.3. The van der Waals surface area contributed by atoms with E-state index in [4.69, 9.17) is 0 Å². The maximum Gasteiger partial charge on any atom is 0.272 e. The highest BCUT2D eigenvalue weighted by Gasteiger charge is 2.09. The van der Waals surface area contributed by atoms with Gasteiger partial charge in [-0.1, -0.05) is 6.07 Å².